The standard InChI is InChI=1S/C16H22N2O3/c1-11-6-2-5-9-14(11)18-15(19)10-21-16(20)12-7-3-4-8-13(12)17/h3-4,7-8,11,14H,2,5-6,9-10,17H2,1H3,(H,18,19). The molecule has 0 spiro atoms. The van der Waals surface area contributed by atoms with Crippen LogP contribution in [0.3, 0.4) is 0 Å². The van der Waals surface area contributed by atoms with E-state index in [2.05, 4.69) is 12.2 Å². The topological polar surface area (TPSA) is 81.4 Å². The fourth-order valence-electron chi connectivity index (χ4n) is 2.67. The summed E-state index contributed by atoms with van der Waals surface area (Å²) >= 11 is 0. The lowest BCUT2D eigenvalue weighted by atomic mass is 9.86. The summed E-state index contributed by atoms with van der Waals surface area (Å²) in [6.07, 6.45) is 4.48. The molecule has 2 atom stereocenters. The van der Waals surface area contributed by atoms with Gasteiger partial charge in [-0.3, -0.25) is 4.79 Å². The van der Waals surface area contributed by atoms with Crippen molar-refractivity contribution in [2.75, 3.05) is 12.3 Å². The number of esters is 1. The monoisotopic (exact) mass is 290 g/mol. The summed E-state index contributed by atoms with van der Waals surface area (Å²) in [5.41, 5.74) is 6.33. The molecule has 3 N–H and O–H groups in total. The summed E-state index contributed by atoms with van der Waals surface area (Å²) in [5.74, 6) is -0.347. The largest absolute Gasteiger partial charge is 0.452 e. The Morgan fingerprint density at radius 1 is 1.29 bits per heavy atom. The zero-order valence-corrected chi connectivity index (χ0v) is 12.3. The molecule has 21 heavy (non-hydrogen) atoms. The molecule has 5 heteroatoms. The van der Waals surface area contributed by atoms with Gasteiger partial charge in [-0.1, -0.05) is 31.9 Å². The van der Waals surface area contributed by atoms with Crippen LogP contribution < -0.4 is 11.1 Å². The van der Waals surface area contributed by atoms with Gasteiger partial charge in [0.15, 0.2) is 6.61 Å². The van der Waals surface area contributed by atoms with Crippen LogP contribution in [0.15, 0.2) is 24.3 Å². The number of ether oxygens (including phenoxy) is 1. The maximum absolute atomic E-state index is 11.9. The number of para-hydroxylation sites is 1. The van der Waals surface area contributed by atoms with Crippen molar-refractivity contribution >= 4 is 17.6 Å². The van der Waals surface area contributed by atoms with Crippen LogP contribution >= 0.6 is 0 Å². The third kappa shape index (κ3) is 4.21. The smallest absolute Gasteiger partial charge is 0.340 e. The van der Waals surface area contributed by atoms with Crippen molar-refractivity contribution in [1.82, 2.24) is 5.32 Å². The first kappa shape index (κ1) is 15.4. The molecular formula is C16H22N2O3. The van der Waals surface area contributed by atoms with Gasteiger partial charge in [0.25, 0.3) is 5.91 Å². The molecule has 0 heterocycles. The SMILES string of the molecule is CC1CCCCC1NC(=O)COC(=O)c1ccccc1N. The molecule has 5 nitrogen and oxygen atoms in total. The molecule has 2 rings (SSSR count). The molecule has 1 saturated carbocycles. The van der Waals surface area contributed by atoms with Crippen molar-refractivity contribution in [1.29, 1.82) is 0 Å². The number of hydrogen-bond donors (Lipinski definition) is 2. The maximum Gasteiger partial charge on any atom is 0.340 e. The van der Waals surface area contributed by atoms with Crippen LogP contribution in [-0.2, 0) is 9.53 Å². The average Bonchev–Trinajstić information content (AvgIpc) is 2.48. The highest BCUT2D eigenvalue weighted by molar-refractivity contribution is 5.96. The minimum atomic E-state index is -0.569. The molecule has 1 aliphatic rings. The first-order chi connectivity index (χ1) is 10.1. The molecule has 114 valence electrons. The first-order valence-corrected chi connectivity index (χ1v) is 7.39. The Balaban J connectivity index is 1.81. The second-order valence-electron chi connectivity index (χ2n) is 5.60. The molecule has 1 fully saturated rings. The van der Waals surface area contributed by atoms with Crippen molar-refractivity contribution in [3.8, 4) is 0 Å². The number of rotatable bonds is 4. The molecule has 1 aliphatic carbocycles. The predicted molar refractivity (Wildman–Crippen MR) is 80.7 cm³/mol. The van der Waals surface area contributed by atoms with Crippen LogP contribution in [0.25, 0.3) is 0 Å². The molecule has 0 aliphatic heterocycles. The van der Waals surface area contributed by atoms with Gasteiger partial charge >= 0.3 is 5.97 Å². The maximum atomic E-state index is 11.9. The van der Waals surface area contributed by atoms with Crippen LogP contribution in [-0.4, -0.2) is 24.5 Å². The fraction of sp³-hybridized carbons (Fsp3) is 0.500. The van der Waals surface area contributed by atoms with E-state index in [4.69, 9.17) is 10.5 Å². The number of carbonyl (C=O) groups excluding carboxylic acids is 2. The Labute approximate surface area is 124 Å². The Morgan fingerprint density at radius 2 is 2.00 bits per heavy atom. The van der Waals surface area contributed by atoms with Crippen molar-refractivity contribution in [3.63, 3.8) is 0 Å². The first-order valence-electron chi connectivity index (χ1n) is 7.39. The number of amides is 1. The molecule has 0 bridgehead atoms. The van der Waals surface area contributed by atoms with Crippen LogP contribution in [0.4, 0.5) is 5.69 Å². The molecule has 0 aromatic heterocycles. The lowest BCUT2D eigenvalue weighted by Gasteiger charge is -2.29. The Kier molecular flexibility index (Phi) is 5.20. The summed E-state index contributed by atoms with van der Waals surface area (Å²) in [4.78, 5) is 23.7. The Morgan fingerprint density at radius 3 is 2.71 bits per heavy atom. The van der Waals surface area contributed by atoms with Gasteiger partial charge in [0, 0.05) is 11.7 Å². The zero-order valence-electron chi connectivity index (χ0n) is 12.3. The number of benzene rings is 1. The van der Waals surface area contributed by atoms with Crippen molar-refractivity contribution < 1.29 is 14.3 Å². The number of nitrogens with two attached hydrogens (primary N) is 1. The van der Waals surface area contributed by atoms with E-state index < -0.39 is 5.97 Å². The average molecular weight is 290 g/mol. The minimum absolute atomic E-state index is 0.187. The molecule has 1 amide bonds. The Hall–Kier alpha value is -2.04. The number of nitrogen functional groups attached to an aromatic ring is 1. The van der Waals surface area contributed by atoms with Gasteiger partial charge in [0.1, 0.15) is 0 Å². The normalized spacial score (nSPS) is 21.6. The van der Waals surface area contributed by atoms with E-state index in [0.29, 0.717) is 11.6 Å². The quantitative estimate of drug-likeness (QED) is 0.657. The van der Waals surface area contributed by atoms with Crippen LogP contribution in [0.1, 0.15) is 43.0 Å². The van der Waals surface area contributed by atoms with E-state index in [1.807, 2.05) is 0 Å². The zero-order chi connectivity index (χ0) is 15.2. The van der Waals surface area contributed by atoms with Gasteiger partial charge in [-0.2, -0.15) is 0 Å². The molecule has 0 radical (unpaired) electrons. The molecule has 0 saturated heterocycles. The van der Waals surface area contributed by atoms with Gasteiger partial charge in [0.2, 0.25) is 0 Å². The van der Waals surface area contributed by atoms with Gasteiger partial charge in [0.05, 0.1) is 5.56 Å². The van der Waals surface area contributed by atoms with E-state index in [1.165, 1.54) is 6.42 Å². The number of carbonyl (C=O) groups is 2. The molecule has 1 aromatic rings. The van der Waals surface area contributed by atoms with E-state index in [0.717, 1.165) is 19.3 Å². The third-order valence-corrected chi connectivity index (χ3v) is 3.97. The van der Waals surface area contributed by atoms with Crippen molar-refractivity contribution in [2.24, 2.45) is 5.92 Å². The molecule has 2 unspecified atom stereocenters. The van der Waals surface area contributed by atoms with Gasteiger partial charge in [-0.05, 0) is 30.9 Å². The Bertz CT molecular complexity index is 516. The van der Waals surface area contributed by atoms with E-state index in [9.17, 15) is 9.59 Å². The van der Waals surface area contributed by atoms with E-state index in [1.54, 1.807) is 24.3 Å². The highest BCUT2D eigenvalue weighted by atomic mass is 16.5. The van der Waals surface area contributed by atoms with E-state index in [-0.39, 0.29) is 24.1 Å². The summed E-state index contributed by atoms with van der Waals surface area (Å²) in [6, 6.07) is 6.84. The highest BCUT2D eigenvalue weighted by Crippen LogP contribution is 2.23. The number of hydrogen-bond acceptors (Lipinski definition) is 4. The summed E-state index contributed by atoms with van der Waals surface area (Å²) in [5, 5.41) is 2.94. The van der Waals surface area contributed by atoms with Gasteiger partial charge in [-0.15, -0.1) is 0 Å². The number of nitrogens with one attached hydrogen (secondary N) is 1. The van der Waals surface area contributed by atoms with Gasteiger partial charge in [-0.25, -0.2) is 4.79 Å². The molecular weight excluding hydrogens is 268 g/mol. The number of anilines is 1. The summed E-state index contributed by atoms with van der Waals surface area (Å²) in [7, 11) is 0. The second kappa shape index (κ2) is 7.11. The van der Waals surface area contributed by atoms with Crippen LogP contribution in [0, 0.1) is 5.92 Å². The minimum Gasteiger partial charge on any atom is -0.452 e. The third-order valence-electron chi connectivity index (χ3n) is 3.97. The van der Waals surface area contributed by atoms with Gasteiger partial charge < -0.3 is 15.8 Å². The lowest BCUT2D eigenvalue weighted by Crippen LogP contribution is -2.42. The summed E-state index contributed by atoms with van der Waals surface area (Å²) in [6.45, 7) is 1.87. The van der Waals surface area contributed by atoms with Crippen molar-refractivity contribution in [3.05, 3.63) is 29.8 Å². The fourth-order valence-corrected chi connectivity index (χ4v) is 2.67. The highest BCUT2D eigenvalue weighted by Gasteiger charge is 2.23. The second-order valence-corrected chi connectivity index (χ2v) is 5.60. The summed E-state index contributed by atoms with van der Waals surface area (Å²) < 4.78 is 5.02. The molecule has 1 aromatic carbocycles. The lowest BCUT2D eigenvalue weighted by molar-refractivity contribution is -0.125. The van der Waals surface area contributed by atoms with E-state index >= 15 is 0 Å². The van der Waals surface area contributed by atoms with Crippen LogP contribution in [0.2, 0.25) is 0 Å². The van der Waals surface area contributed by atoms with Crippen LogP contribution in [0.5, 0.6) is 0 Å². The predicted octanol–water partition coefficient (Wildman–Crippen LogP) is 2.12. The van der Waals surface area contributed by atoms with Crippen molar-refractivity contribution in [2.45, 2.75) is 38.6 Å².